The Morgan fingerprint density at radius 1 is 1.14 bits per heavy atom. The summed E-state index contributed by atoms with van der Waals surface area (Å²) in [4.78, 5) is 40.4. The highest BCUT2D eigenvalue weighted by atomic mass is 16.6. The van der Waals surface area contributed by atoms with Crippen molar-refractivity contribution in [1.82, 2.24) is 4.90 Å². The topological polar surface area (TPSA) is 93.1 Å². The number of rotatable bonds is 2. The minimum atomic E-state index is -0.889. The van der Waals surface area contributed by atoms with E-state index in [1.807, 2.05) is 25.7 Å². The van der Waals surface area contributed by atoms with Crippen LogP contribution in [0.1, 0.15) is 52.9 Å². The Morgan fingerprint density at radius 3 is 2.55 bits per heavy atom. The molecule has 7 nitrogen and oxygen atoms in total. The van der Waals surface area contributed by atoms with E-state index in [2.05, 4.69) is 0 Å². The molecule has 10 atom stereocenters. The number of piperidine rings is 1. The molecule has 1 spiro atoms. The van der Waals surface area contributed by atoms with Gasteiger partial charge in [-0.2, -0.15) is 0 Å². The Hall–Kier alpha value is -1.63. The van der Waals surface area contributed by atoms with Crippen LogP contribution in [0.4, 0.5) is 0 Å². The number of aliphatic hydroxyl groups is 1. The number of esters is 2. The molecule has 1 amide bonds. The number of carbonyl (C=O) groups excluding carboxylic acids is 3. The molecule has 4 saturated heterocycles. The number of amides is 1. The molecule has 0 radical (unpaired) electrons. The van der Waals surface area contributed by atoms with E-state index in [-0.39, 0.29) is 65.7 Å². The zero-order chi connectivity index (χ0) is 20.7. The number of hydrogen-bond acceptors (Lipinski definition) is 6. The standard InChI is InChI=1S/C22H31NO6/c1-4-12-18-17(11(3)20(26)29-18)13-9-14(15-8-10(2)19(25)28-15)23-7-5-6-16(24)22(12,13)21(23)27/h10-18,24H,4-9H2,1-3H3/t10-,11+,12-,13+,14-,15-,16-,17+,18-,22-/m1/s1. The van der Waals surface area contributed by atoms with Crippen molar-refractivity contribution < 1.29 is 29.0 Å². The number of hydrogen-bond donors (Lipinski definition) is 1. The molecule has 4 heterocycles. The van der Waals surface area contributed by atoms with Gasteiger partial charge in [0, 0.05) is 18.4 Å². The molecule has 5 fully saturated rings. The van der Waals surface area contributed by atoms with Crippen LogP contribution in [0.25, 0.3) is 0 Å². The molecule has 29 heavy (non-hydrogen) atoms. The summed E-state index contributed by atoms with van der Waals surface area (Å²) in [6, 6.07) is -0.181. The normalized spacial score (nSPS) is 51.4. The SMILES string of the molecule is CC[C@@H]1[C@H]2OC(=O)[C@@H](C)[C@H]2[C@@H]2C[C@H]([C@H]3C[C@@H](C)C(=O)O3)N3CCC[C@@H](O)[C@@]12C3=O. The monoisotopic (exact) mass is 405 g/mol. The Balaban J connectivity index is 1.60. The largest absolute Gasteiger partial charge is 0.461 e. The van der Waals surface area contributed by atoms with Crippen LogP contribution in [0.5, 0.6) is 0 Å². The smallest absolute Gasteiger partial charge is 0.309 e. The highest BCUT2D eigenvalue weighted by Crippen LogP contribution is 2.65. The average molecular weight is 405 g/mol. The molecular weight excluding hydrogens is 374 g/mol. The van der Waals surface area contributed by atoms with Gasteiger partial charge in [0.1, 0.15) is 12.2 Å². The van der Waals surface area contributed by atoms with E-state index in [1.165, 1.54) is 0 Å². The lowest BCUT2D eigenvalue weighted by Crippen LogP contribution is -2.64. The summed E-state index contributed by atoms with van der Waals surface area (Å²) >= 11 is 0. The van der Waals surface area contributed by atoms with Gasteiger partial charge < -0.3 is 19.5 Å². The van der Waals surface area contributed by atoms with Crippen LogP contribution < -0.4 is 0 Å². The van der Waals surface area contributed by atoms with Gasteiger partial charge in [0.2, 0.25) is 5.91 Å². The second kappa shape index (κ2) is 6.43. The molecule has 0 aromatic carbocycles. The summed E-state index contributed by atoms with van der Waals surface area (Å²) in [5.41, 5.74) is -0.889. The first kappa shape index (κ1) is 19.3. The van der Waals surface area contributed by atoms with Crippen molar-refractivity contribution in [3.63, 3.8) is 0 Å². The van der Waals surface area contributed by atoms with Crippen molar-refractivity contribution >= 4 is 17.8 Å². The van der Waals surface area contributed by atoms with Crippen LogP contribution in [0, 0.1) is 35.0 Å². The maximum absolute atomic E-state index is 14.0. The lowest BCUT2D eigenvalue weighted by atomic mass is 9.60. The maximum atomic E-state index is 14.0. The van der Waals surface area contributed by atoms with Crippen LogP contribution in [-0.4, -0.2) is 58.8 Å². The third kappa shape index (κ3) is 2.31. The highest BCUT2D eigenvalue weighted by molar-refractivity contribution is 5.88. The van der Waals surface area contributed by atoms with E-state index in [1.54, 1.807) is 0 Å². The number of nitrogens with zero attached hydrogens (tertiary/aromatic N) is 1. The summed E-state index contributed by atoms with van der Waals surface area (Å²) in [5, 5.41) is 11.3. The van der Waals surface area contributed by atoms with Gasteiger partial charge in [0.05, 0.1) is 29.4 Å². The minimum absolute atomic E-state index is 0.0103. The molecule has 1 aliphatic carbocycles. The second-order valence-corrected chi connectivity index (χ2v) is 9.89. The molecular formula is C22H31NO6. The van der Waals surface area contributed by atoms with E-state index in [0.717, 1.165) is 6.42 Å². The first-order valence-corrected chi connectivity index (χ1v) is 11.2. The molecule has 2 bridgehead atoms. The highest BCUT2D eigenvalue weighted by Gasteiger charge is 2.74. The molecule has 4 aliphatic heterocycles. The van der Waals surface area contributed by atoms with Crippen molar-refractivity contribution in [2.24, 2.45) is 35.0 Å². The first-order chi connectivity index (χ1) is 13.8. The van der Waals surface area contributed by atoms with Gasteiger partial charge >= 0.3 is 11.9 Å². The molecule has 0 aromatic rings. The quantitative estimate of drug-likeness (QED) is 0.700. The summed E-state index contributed by atoms with van der Waals surface area (Å²) in [7, 11) is 0. The van der Waals surface area contributed by atoms with Gasteiger partial charge in [0.25, 0.3) is 0 Å². The van der Waals surface area contributed by atoms with Gasteiger partial charge in [0.15, 0.2) is 0 Å². The Bertz CT molecular complexity index is 754. The van der Waals surface area contributed by atoms with Gasteiger partial charge in [-0.3, -0.25) is 14.4 Å². The molecule has 0 unspecified atom stereocenters. The van der Waals surface area contributed by atoms with Gasteiger partial charge in [-0.05, 0) is 38.0 Å². The van der Waals surface area contributed by atoms with E-state index in [0.29, 0.717) is 32.2 Å². The van der Waals surface area contributed by atoms with Gasteiger partial charge in [-0.15, -0.1) is 0 Å². The fourth-order valence-electron chi connectivity index (χ4n) is 7.53. The van der Waals surface area contributed by atoms with Crippen LogP contribution in [0.3, 0.4) is 0 Å². The molecule has 5 rings (SSSR count). The van der Waals surface area contributed by atoms with Crippen molar-refractivity contribution in [2.45, 2.75) is 77.2 Å². The van der Waals surface area contributed by atoms with Crippen molar-refractivity contribution in [3.05, 3.63) is 0 Å². The predicted octanol–water partition coefficient (Wildman–Crippen LogP) is 1.51. The zero-order valence-electron chi connectivity index (χ0n) is 17.4. The lowest BCUT2D eigenvalue weighted by molar-refractivity contribution is -0.180. The summed E-state index contributed by atoms with van der Waals surface area (Å²) in [5.74, 6) is -1.20. The molecule has 0 aromatic heterocycles. The van der Waals surface area contributed by atoms with E-state index < -0.39 is 11.5 Å². The first-order valence-electron chi connectivity index (χ1n) is 11.2. The van der Waals surface area contributed by atoms with E-state index >= 15 is 0 Å². The zero-order valence-corrected chi connectivity index (χ0v) is 17.4. The molecule has 160 valence electrons. The third-order valence-corrected chi connectivity index (χ3v) is 8.75. The minimum Gasteiger partial charge on any atom is -0.461 e. The van der Waals surface area contributed by atoms with Gasteiger partial charge in [-0.1, -0.05) is 20.8 Å². The maximum Gasteiger partial charge on any atom is 0.309 e. The van der Waals surface area contributed by atoms with E-state index in [4.69, 9.17) is 9.47 Å². The summed E-state index contributed by atoms with van der Waals surface area (Å²) in [6.07, 6.45) is 1.93. The van der Waals surface area contributed by atoms with Gasteiger partial charge in [-0.25, -0.2) is 0 Å². The molecule has 7 heteroatoms. The van der Waals surface area contributed by atoms with Crippen molar-refractivity contribution in [2.75, 3.05) is 6.54 Å². The fraction of sp³-hybridized carbons (Fsp3) is 0.864. The Morgan fingerprint density at radius 2 is 1.90 bits per heavy atom. The second-order valence-electron chi connectivity index (χ2n) is 9.89. The number of fused-ring (bicyclic) bond motifs is 3. The number of carbonyl (C=O) groups is 3. The van der Waals surface area contributed by atoms with Crippen molar-refractivity contribution in [3.8, 4) is 0 Å². The molecule has 1 N–H and O–H groups in total. The number of ether oxygens (including phenoxy) is 2. The van der Waals surface area contributed by atoms with Crippen LogP contribution in [0.2, 0.25) is 0 Å². The number of aliphatic hydroxyl groups excluding tert-OH is 1. The lowest BCUT2D eigenvalue weighted by Gasteiger charge is -2.52. The molecule has 5 aliphatic rings. The fourth-order valence-corrected chi connectivity index (χ4v) is 7.53. The van der Waals surface area contributed by atoms with Crippen LogP contribution in [0.15, 0.2) is 0 Å². The summed E-state index contributed by atoms with van der Waals surface area (Å²) < 4.78 is 11.5. The Labute approximate surface area is 171 Å². The Kier molecular flexibility index (Phi) is 4.29. The van der Waals surface area contributed by atoms with Crippen LogP contribution in [-0.2, 0) is 23.9 Å². The summed E-state index contributed by atoms with van der Waals surface area (Å²) in [6.45, 7) is 6.37. The third-order valence-electron chi connectivity index (χ3n) is 8.75. The predicted molar refractivity (Wildman–Crippen MR) is 101 cm³/mol. The van der Waals surface area contributed by atoms with Crippen LogP contribution >= 0.6 is 0 Å². The van der Waals surface area contributed by atoms with Crippen molar-refractivity contribution in [1.29, 1.82) is 0 Å². The van der Waals surface area contributed by atoms with E-state index in [9.17, 15) is 19.5 Å². The average Bonchev–Trinajstić information content (AvgIpc) is 3.24. The number of cyclic esters (lactones) is 1. The molecule has 1 saturated carbocycles.